The lowest BCUT2D eigenvalue weighted by atomic mass is 10.1. The maximum atomic E-state index is 11.8. The topological polar surface area (TPSA) is 77.8 Å². The molecule has 5 heteroatoms. The van der Waals surface area contributed by atoms with Crippen molar-refractivity contribution < 1.29 is 19.8 Å². The molecule has 18 heavy (non-hydrogen) atoms. The molecule has 92 valence electrons. The van der Waals surface area contributed by atoms with Gasteiger partial charge in [-0.25, -0.2) is 4.79 Å². The quantitative estimate of drug-likeness (QED) is 0.764. The Balaban J connectivity index is 2.43. The van der Waals surface area contributed by atoms with Crippen molar-refractivity contribution in [2.24, 2.45) is 5.92 Å². The van der Waals surface area contributed by atoms with Gasteiger partial charge in [-0.15, -0.1) is 12.3 Å². The molecule has 1 amide bonds. The molecule has 0 saturated carbocycles. The van der Waals surface area contributed by atoms with E-state index in [0.717, 1.165) is 6.07 Å². The van der Waals surface area contributed by atoms with E-state index in [1.807, 2.05) is 0 Å². The fourth-order valence-corrected chi connectivity index (χ4v) is 1.98. The number of rotatable bonds is 2. The summed E-state index contributed by atoms with van der Waals surface area (Å²) in [7, 11) is 0. The van der Waals surface area contributed by atoms with E-state index in [1.165, 1.54) is 17.0 Å². The van der Waals surface area contributed by atoms with Gasteiger partial charge in [-0.05, 0) is 18.2 Å². The Hall–Kier alpha value is -2.48. The standard InChI is InChI=1S/C13H11NO4/c1-2-8-5-12(16)14(7-8)11-4-3-9(15)6-10(11)13(17)18/h1,3-4,6,8,15H,5,7H2,(H,17,18). The SMILES string of the molecule is C#CC1CC(=O)N(c2ccc(O)cc2C(=O)O)C1. The first-order valence-corrected chi connectivity index (χ1v) is 5.35. The van der Waals surface area contributed by atoms with Crippen molar-refractivity contribution in [1.82, 2.24) is 0 Å². The zero-order valence-corrected chi connectivity index (χ0v) is 9.46. The van der Waals surface area contributed by atoms with E-state index in [9.17, 15) is 14.7 Å². The van der Waals surface area contributed by atoms with Crippen molar-refractivity contribution in [3.63, 3.8) is 0 Å². The fourth-order valence-electron chi connectivity index (χ4n) is 1.98. The summed E-state index contributed by atoms with van der Waals surface area (Å²) >= 11 is 0. The summed E-state index contributed by atoms with van der Waals surface area (Å²) in [6.07, 6.45) is 5.49. The average Bonchev–Trinajstić information content (AvgIpc) is 2.70. The van der Waals surface area contributed by atoms with E-state index in [0.29, 0.717) is 6.54 Å². The van der Waals surface area contributed by atoms with Crippen LogP contribution in [0.3, 0.4) is 0 Å². The molecule has 1 atom stereocenters. The summed E-state index contributed by atoms with van der Waals surface area (Å²) in [4.78, 5) is 24.2. The number of carboxylic acids is 1. The van der Waals surface area contributed by atoms with Gasteiger partial charge in [0.2, 0.25) is 5.91 Å². The third kappa shape index (κ3) is 2.00. The number of anilines is 1. The summed E-state index contributed by atoms with van der Waals surface area (Å²) in [6, 6.07) is 3.88. The number of nitrogens with zero attached hydrogens (tertiary/aromatic N) is 1. The van der Waals surface area contributed by atoms with Gasteiger partial charge in [-0.2, -0.15) is 0 Å². The van der Waals surface area contributed by atoms with Crippen molar-refractivity contribution in [2.45, 2.75) is 6.42 Å². The Bertz CT molecular complexity index is 559. The number of aromatic carboxylic acids is 1. The van der Waals surface area contributed by atoms with Gasteiger partial charge in [0.1, 0.15) is 5.75 Å². The molecule has 0 radical (unpaired) electrons. The van der Waals surface area contributed by atoms with Crippen LogP contribution in [-0.2, 0) is 4.79 Å². The Morgan fingerprint density at radius 3 is 2.78 bits per heavy atom. The highest BCUT2D eigenvalue weighted by Gasteiger charge is 2.31. The number of phenols is 1. The molecule has 5 nitrogen and oxygen atoms in total. The predicted molar refractivity (Wildman–Crippen MR) is 64.4 cm³/mol. The predicted octanol–water partition coefficient (Wildman–Crippen LogP) is 1.08. The van der Waals surface area contributed by atoms with Gasteiger partial charge in [0.25, 0.3) is 0 Å². The van der Waals surface area contributed by atoms with Gasteiger partial charge in [0.15, 0.2) is 0 Å². The lowest BCUT2D eigenvalue weighted by Crippen LogP contribution is -2.26. The van der Waals surface area contributed by atoms with E-state index >= 15 is 0 Å². The van der Waals surface area contributed by atoms with E-state index < -0.39 is 5.97 Å². The summed E-state index contributed by atoms with van der Waals surface area (Å²) in [5.41, 5.74) is 0.157. The van der Waals surface area contributed by atoms with Crippen LogP contribution in [0.1, 0.15) is 16.8 Å². The first-order valence-electron chi connectivity index (χ1n) is 5.35. The molecule has 2 N–H and O–H groups in total. The molecule has 1 unspecified atom stereocenters. The number of aromatic hydroxyl groups is 1. The lowest BCUT2D eigenvalue weighted by molar-refractivity contribution is -0.117. The number of carboxylic acid groups (broad SMARTS) is 1. The highest BCUT2D eigenvalue weighted by Crippen LogP contribution is 2.30. The van der Waals surface area contributed by atoms with Crippen LogP contribution < -0.4 is 4.90 Å². The average molecular weight is 245 g/mol. The molecule has 1 aliphatic rings. The molecule has 1 aromatic rings. The van der Waals surface area contributed by atoms with E-state index in [4.69, 9.17) is 11.5 Å². The fraction of sp³-hybridized carbons (Fsp3) is 0.231. The molecular weight excluding hydrogens is 234 g/mol. The van der Waals surface area contributed by atoms with Gasteiger partial charge < -0.3 is 15.1 Å². The zero-order valence-electron chi connectivity index (χ0n) is 9.46. The highest BCUT2D eigenvalue weighted by atomic mass is 16.4. The van der Waals surface area contributed by atoms with Gasteiger partial charge in [-0.1, -0.05) is 0 Å². The number of phenolic OH excluding ortho intramolecular Hbond substituents is 1. The monoisotopic (exact) mass is 245 g/mol. The van der Waals surface area contributed by atoms with Crippen LogP contribution >= 0.6 is 0 Å². The Morgan fingerprint density at radius 1 is 1.50 bits per heavy atom. The molecule has 1 heterocycles. The first kappa shape index (κ1) is 12.0. The zero-order chi connectivity index (χ0) is 13.3. The van der Waals surface area contributed by atoms with Crippen molar-refractivity contribution in [1.29, 1.82) is 0 Å². The molecular formula is C13H11NO4. The molecule has 0 bridgehead atoms. The van der Waals surface area contributed by atoms with E-state index in [2.05, 4.69) is 5.92 Å². The summed E-state index contributed by atoms with van der Waals surface area (Å²) < 4.78 is 0. The van der Waals surface area contributed by atoms with Crippen LogP contribution in [0.25, 0.3) is 0 Å². The minimum Gasteiger partial charge on any atom is -0.508 e. The van der Waals surface area contributed by atoms with Crippen molar-refractivity contribution in [2.75, 3.05) is 11.4 Å². The van der Waals surface area contributed by atoms with Crippen molar-refractivity contribution >= 4 is 17.6 Å². The number of hydrogen-bond acceptors (Lipinski definition) is 3. The van der Waals surface area contributed by atoms with Crippen LogP contribution in [0.5, 0.6) is 5.75 Å². The second-order valence-corrected chi connectivity index (χ2v) is 4.08. The van der Waals surface area contributed by atoms with Gasteiger partial charge in [0, 0.05) is 18.9 Å². The number of carbonyl (C=O) groups excluding carboxylic acids is 1. The third-order valence-corrected chi connectivity index (χ3v) is 2.86. The molecule has 1 saturated heterocycles. The number of carbonyl (C=O) groups is 2. The van der Waals surface area contributed by atoms with Gasteiger partial charge in [-0.3, -0.25) is 4.79 Å². The molecule has 1 aromatic carbocycles. The summed E-state index contributed by atoms with van der Waals surface area (Å²) in [5, 5.41) is 18.4. The Morgan fingerprint density at radius 2 is 2.22 bits per heavy atom. The highest BCUT2D eigenvalue weighted by molar-refractivity contribution is 6.03. The van der Waals surface area contributed by atoms with Crippen LogP contribution in [0.2, 0.25) is 0 Å². The van der Waals surface area contributed by atoms with Crippen LogP contribution in [0.15, 0.2) is 18.2 Å². The van der Waals surface area contributed by atoms with Gasteiger partial charge in [0.05, 0.1) is 11.3 Å². The van der Waals surface area contributed by atoms with E-state index in [1.54, 1.807) is 0 Å². The number of benzene rings is 1. The van der Waals surface area contributed by atoms with Crippen LogP contribution in [0, 0.1) is 18.3 Å². The second-order valence-electron chi connectivity index (χ2n) is 4.08. The molecule has 1 fully saturated rings. The lowest BCUT2D eigenvalue weighted by Gasteiger charge is -2.18. The molecule has 0 aliphatic carbocycles. The maximum Gasteiger partial charge on any atom is 0.337 e. The normalized spacial score (nSPS) is 18.7. The number of amides is 1. The minimum absolute atomic E-state index is 0.110. The van der Waals surface area contributed by atoms with Gasteiger partial charge >= 0.3 is 5.97 Å². The molecule has 1 aliphatic heterocycles. The molecule has 0 spiro atoms. The van der Waals surface area contributed by atoms with Crippen molar-refractivity contribution in [3.8, 4) is 18.1 Å². The third-order valence-electron chi connectivity index (χ3n) is 2.86. The second kappa shape index (κ2) is 4.41. The maximum absolute atomic E-state index is 11.8. The summed E-state index contributed by atoms with van der Waals surface area (Å²) in [5.74, 6) is 0.739. The Kier molecular flexibility index (Phi) is 2.94. The van der Waals surface area contributed by atoms with Crippen LogP contribution in [0.4, 0.5) is 5.69 Å². The smallest absolute Gasteiger partial charge is 0.337 e. The molecule has 0 aromatic heterocycles. The Labute approximate surface area is 104 Å². The van der Waals surface area contributed by atoms with E-state index in [-0.39, 0.29) is 35.2 Å². The van der Waals surface area contributed by atoms with Crippen LogP contribution in [-0.4, -0.2) is 28.6 Å². The number of hydrogen-bond donors (Lipinski definition) is 2. The summed E-state index contributed by atoms with van der Waals surface area (Å²) in [6.45, 7) is 0.306. The van der Waals surface area contributed by atoms with Crippen molar-refractivity contribution in [3.05, 3.63) is 23.8 Å². The number of terminal acetylenes is 1. The first-order chi connectivity index (χ1) is 8.52. The minimum atomic E-state index is -1.20. The largest absolute Gasteiger partial charge is 0.508 e. The molecule has 2 rings (SSSR count).